The van der Waals surface area contributed by atoms with Crippen molar-refractivity contribution in [1.29, 1.82) is 0 Å². The van der Waals surface area contributed by atoms with Crippen molar-refractivity contribution in [3.63, 3.8) is 0 Å². The van der Waals surface area contributed by atoms with Crippen molar-refractivity contribution in [2.24, 2.45) is 23.7 Å². The molecule has 0 aromatic rings. The number of hydrogen-bond acceptors (Lipinski definition) is 2. The van der Waals surface area contributed by atoms with Crippen molar-refractivity contribution in [2.75, 3.05) is 19.6 Å². The van der Waals surface area contributed by atoms with Crippen LogP contribution in [0.3, 0.4) is 0 Å². The minimum atomic E-state index is 0.337. The third-order valence-electron chi connectivity index (χ3n) is 5.74. The van der Waals surface area contributed by atoms with Crippen molar-refractivity contribution >= 4 is 5.78 Å². The van der Waals surface area contributed by atoms with Crippen LogP contribution in [-0.2, 0) is 4.79 Å². The van der Waals surface area contributed by atoms with E-state index in [1.807, 2.05) is 0 Å². The van der Waals surface area contributed by atoms with Gasteiger partial charge in [-0.3, -0.25) is 4.79 Å². The van der Waals surface area contributed by atoms with Crippen molar-refractivity contribution < 1.29 is 4.79 Å². The molecule has 3 unspecified atom stereocenters. The number of ketones is 1. The van der Waals surface area contributed by atoms with Gasteiger partial charge < -0.3 is 4.90 Å². The van der Waals surface area contributed by atoms with E-state index in [-0.39, 0.29) is 0 Å². The number of carbonyl (C=O) groups is 1. The first kappa shape index (κ1) is 16.0. The molecule has 2 nitrogen and oxygen atoms in total. The molecule has 1 heterocycles. The van der Waals surface area contributed by atoms with E-state index in [2.05, 4.69) is 25.7 Å². The number of rotatable bonds is 4. The Morgan fingerprint density at radius 1 is 1.20 bits per heavy atom. The van der Waals surface area contributed by atoms with Crippen molar-refractivity contribution in [3.8, 4) is 0 Å². The van der Waals surface area contributed by atoms with Crippen molar-refractivity contribution in [2.45, 2.75) is 65.7 Å². The quantitative estimate of drug-likeness (QED) is 0.771. The molecule has 116 valence electrons. The van der Waals surface area contributed by atoms with Crippen LogP contribution in [0.5, 0.6) is 0 Å². The van der Waals surface area contributed by atoms with E-state index in [0.29, 0.717) is 11.7 Å². The molecule has 20 heavy (non-hydrogen) atoms. The molecule has 1 saturated carbocycles. The van der Waals surface area contributed by atoms with Gasteiger partial charge in [0.15, 0.2) is 0 Å². The highest BCUT2D eigenvalue weighted by atomic mass is 16.1. The third kappa shape index (κ3) is 4.31. The molecular weight excluding hydrogens is 246 g/mol. The summed E-state index contributed by atoms with van der Waals surface area (Å²) in [6.07, 6.45) is 8.41. The monoisotopic (exact) mass is 279 g/mol. The standard InChI is InChI=1S/C18H33NO/c1-4-15-7-8-18(20)17(12-15)13-19-10-5-6-16(9-11-19)14(2)3/h14-17H,4-13H2,1-3H3. The number of hydrogen-bond donors (Lipinski definition) is 0. The lowest BCUT2D eigenvalue weighted by atomic mass is 9.79. The highest BCUT2D eigenvalue weighted by Gasteiger charge is 2.30. The van der Waals surface area contributed by atoms with E-state index in [9.17, 15) is 4.79 Å². The van der Waals surface area contributed by atoms with E-state index in [1.54, 1.807) is 0 Å². The van der Waals surface area contributed by atoms with Crippen molar-refractivity contribution in [1.82, 2.24) is 4.90 Å². The lowest BCUT2D eigenvalue weighted by molar-refractivity contribution is -0.126. The third-order valence-corrected chi connectivity index (χ3v) is 5.74. The summed E-state index contributed by atoms with van der Waals surface area (Å²) in [4.78, 5) is 14.7. The summed E-state index contributed by atoms with van der Waals surface area (Å²) >= 11 is 0. The summed E-state index contributed by atoms with van der Waals surface area (Å²) in [5.41, 5.74) is 0. The zero-order chi connectivity index (χ0) is 14.5. The van der Waals surface area contributed by atoms with Crippen LogP contribution in [0.4, 0.5) is 0 Å². The molecule has 0 aromatic heterocycles. The van der Waals surface area contributed by atoms with Crippen LogP contribution in [0.2, 0.25) is 0 Å². The molecule has 2 rings (SSSR count). The van der Waals surface area contributed by atoms with Crippen LogP contribution in [0, 0.1) is 23.7 Å². The zero-order valence-electron chi connectivity index (χ0n) is 13.7. The Morgan fingerprint density at radius 2 is 2.00 bits per heavy atom. The van der Waals surface area contributed by atoms with Gasteiger partial charge in [0.1, 0.15) is 5.78 Å². The van der Waals surface area contributed by atoms with E-state index >= 15 is 0 Å². The van der Waals surface area contributed by atoms with Gasteiger partial charge in [-0.15, -0.1) is 0 Å². The second-order valence-corrected chi connectivity index (χ2v) is 7.45. The smallest absolute Gasteiger partial charge is 0.137 e. The van der Waals surface area contributed by atoms with Gasteiger partial charge in [-0.05, 0) is 62.9 Å². The van der Waals surface area contributed by atoms with Crippen LogP contribution in [0.1, 0.15) is 65.7 Å². The van der Waals surface area contributed by atoms with E-state index in [1.165, 1.54) is 38.8 Å². The molecule has 1 aliphatic carbocycles. The lowest BCUT2D eigenvalue weighted by Gasteiger charge is -2.31. The molecule has 0 N–H and O–H groups in total. The number of carbonyl (C=O) groups excluding carboxylic acids is 1. The fraction of sp³-hybridized carbons (Fsp3) is 0.944. The number of likely N-dealkylation sites (tertiary alicyclic amines) is 1. The van der Waals surface area contributed by atoms with Gasteiger partial charge in [0.25, 0.3) is 0 Å². The molecule has 0 amide bonds. The Labute approximate surface area is 125 Å². The normalized spacial score (nSPS) is 33.4. The molecule has 1 aliphatic heterocycles. The molecule has 2 fully saturated rings. The number of nitrogens with zero attached hydrogens (tertiary/aromatic N) is 1. The highest BCUT2D eigenvalue weighted by molar-refractivity contribution is 5.81. The molecule has 3 atom stereocenters. The van der Waals surface area contributed by atoms with Crippen LogP contribution in [0.25, 0.3) is 0 Å². The first-order valence-corrected chi connectivity index (χ1v) is 8.85. The molecule has 0 aromatic carbocycles. The molecule has 0 bridgehead atoms. The molecule has 2 aliphatic rings. The van der Waals surface area contributed by atoms with Gasteiger partial charge in [0.2, 0.25) is 0 Å². The highest BCUT2D eigenvalue weighted by Crippen LogP contribution is 2.30. The van der Waals surface area contributed by atoms with Gasteiger partial charge in [-0.1, -0.05) is 27.2 Å². The molecular formula is C18H33NO. The number of Topliss-reactive ketones (excluding diaryl/α,β-unsaturated/α-hetero) is 1. The lowest BCUT2D eigenvalue weighted by Crippen LogP contribution is -2.37. The predicted molar refractivity (Wildman–Crippen MR) is 84.7 cm³/mol. The van der Waals surface area contributed by atoms with E-state index in [0.717, 1.165) is 43.6 Å². The van der Waals surface area contributed by atoms with Gasteiger partial charge in [-0.2, -0.15) is 0 Å². The zero-order valence-corrected chi connectivity index (χ0v) is 13.7. The largest absolute Gasteiger partial charge is 0.303 e. The van der Waals surface area contributed by atoms with Gasteiger partial charge >= 0.3 is 0 Å². The first-order chi connectivity index (χ1) is 9.60. The van der Waals surface area contributed by atoms with Crippen LogP contribution in [-0.4, -0.2) is 30.3 Å². The molecule has 0 radical (unpaired) electrons. The SMILES string of the molecule is CCC1CCC(=O)C(CN2CCCC(C(C)C)CC2)C1. The Bertz CT molecular complexity index is 313. The van der Waals surface area contributed by atoms with E-state index in [4.69, 9.17) is 0 Å². The summed E-state index contributed by atoms with van der Waals surface area (Å²) in [5, 5.41) is 0. The van der Waals surface area contributed by atoms with E-state index < -0.39 is 0 Å². The molecule has 0 spiro atoms. The Hall–Kier alpha value is -0.370. The maximum Gasteiger partial charge on any atom is 0.137 e. The predicted octanol–water partition coefficient (Wildman–Crippen LogP) is 4.14. The maximum atomic E-state index is 12.2. The topological polar surface area (TPSA) is 20.3 Å². The fourth-order valence-electron chi connectivity index (χ4n) is 4.09. The van der Waals surface area contributed by atoms with Crippen LogP contribution < -0.4 is 0 Å². The summed E-state index contributed by atoms with van der Waals surface area (Å²) in [7, 11) is 0. The van der Waals surface area contributed by atoms with Crippen LogP contribution >= 0.6 is 0 Å². The van der Waals surface area contributed by atoms with Crippen LogP contribution in [0.15, 0.2) is 0 Å². The maximum absolute atomic E-state index is 12.2. The summed E-state index contributed by atoms with van der Waals surface area (Å²) in [5.74, 6) is 3.39. The average molecular weight is 279 g/mol. The average Bonchev–Trinajstić information content (AvgIpc) is 2.67. The van der Waals surface area contributed by atoms with Gasteiger partial charge in [-0.25, -0.2) is 0 Å². The minimum Gasteiger partial charge on any atom is -0.303 e. The summed E-state index contributed by atoms with van der Waals surface area (Å²) in [6, 6.07) is 0. The molecule has 1 saturated heterocycles. The second kappa shape index (κ2) is 7.59. The first-order valence-electron chi connectivity index (χ1n) is 8.85. The van der Waals surface area contributed by atoms with Gasteiger partial charge in [0, 0.05) is 18.9 Å². The Balaban J connectivity index is 1.84. The summed E-state index contributed by atoms with van der Waals surface area (Å²) in [6.45, 7) is 10.5. The minimum absolute atomic E-state index is 0.337. The Kier molecular flexibility index (Phi) is 6.07. The van der Waals surface area contributed by atoms with Gasteiger partial charge in [0.05, 0.1) is 0 Å². The Morgan fingerprint density at radius 3 is 2.70 bits per heavy atom. The second-order valence-electron chi connectivity index (χ2n) is 7.45. The fourth-order valence-corrected chi connectivity index (χ4v) is 4.09. The summed E-state index contributed by atoms with van der Waals surface area (Å²) < 4.78 is 0. The molecule has 2 heteroatoms. The van der Waals surface area contributed by atoms with Crippen molar-refractivity contribution in [3.05, 3.63) is 0 Å².